The van der Waals surface area contributed by atoms with E-state index in [-0.39, 0.29) is 26.4 Å². The third-order valence-corrected chi connectivity index (χ3v) is 4.43. The van der Waals surface area contributed by atoms with Crippen LogP contribution in [0.4, 0.5) is 0 Å². The highest BCUT2D eigenvalue weighted by Crippen LogP contribution is 2.08. The lowest BCUT2D eigenvalue weighted by molar-refractivity contribution is -0.172. The minimum absolute atomic E-state index is 0.0172. The lowest BCUT2D eigenvalue weighted by Crippen LogP contribution is -2.41. The van der Waals surface area contributed by atoms with Crippen LogP contribution in [0, 0.1) is 0 Å². The molecule has 0 saturated heterocycles. The van der Waals surface area contributed by atoms with Crippen molar-refractivity contribution < 1.29 is 58.6 Å². The van der Waals surface area contributed by atoms with Crippen molar-refractivity contribution in [2.24, 2.45) is 0 Å². The van der Waals surface area contributed by atoms with Gasteiger partial charge < -0.3 is 39.4 Å². The van der Waals surface area contributed by atoms with E-state index < -0.39 is 48.3 Å². The van der Waals surface area contributed by atoms with Crippen molar-refractivity contribution in [2.75, 3.05) is 26.4 Å². The largest absolute Gasteiger partial charge is 0.464 e. The van der Waals surface area contributed by atoms with E-state index in [4.69, 9.17) is 9.47 Å². The van der Waals surface area contributed by atoms with Crippen LogP contribution in [0.25, 0.3) is 0 Å². The molecule has 0 aliphatic rings. The van der Waals surface area contributed by atoms with Crippen molar-refractivity contribution in [1.82, 2.24) is 0 Å². The number of carbonyl (C=O) groups excluding carboxylic acids is 4. The Labute approximate surface area is 196 Å². The summed E-state index contributed by atoms with van der Waals surface area (Å²) < 4.78 is 18.8. The van der Waals surface area contributed by atoms with E-state index in [9.17, 15) is 39.6 Å². The standard InChI is InChI=1S/C22H30O12/c1-3-31-19(27)15(23)17(25)21(29)33-11-9-13-5-7-14(8-6-13)10-12-34-22(30)18(26)16(24)20(28)32-4-2/h5-8,15-18,23-26H,3-4,9-12H2,1-2H3. The van der Waals surface area contributed by atoms with Crippen LogP contribution < -0.4 is 0 Å². The zero-order valence-corrected chi connectivity index (χ0v) is 18.9. The van der Waals surface area contributed by atoms with Gasteiger partial charge in [-0.3, -0.25) is 0 Å². The molecule has 0 heterocycles. The number of rotatable bonds is 14. The topological polar surface area (TPSA) is 186 Å². The van der Waals surface area contributed by atoms with E-state index in [0.717, 1.165) is 11.1 Å². The molecule has 4 unspecified atom stereocenters. The zero-order valence-electron chi connectivity index (χ0n) is 18.9. The van der Waals surface area contributed by atoms with Crippen LogP contribution in [0.3, 0.4) is 0 Å². The highest BCUT2D eigenvalue weighted by Gasteiger charge is 2.33. The fourth-order valence-electron chi connectivity index (χ4n) is 2.55. The van der Waals surface area contributed by atoms with Crippen LogP contribution in [0.5, 0.6) is 0 Å². The summed E-state index contributed by atoms with van der Waals surface area (Å²) in [5.41, 5.74) is 1.56. The predicted octanol–water partition coefficient (Wildman–Crippen LogP) is -1.57. The van der Waals surface area contributed by atoms with E-state index in [1.807, 2.05) is 0 Å². The first-order valence-electron chi connectivity index (χ1n) is 10.6. The lowest BCUT2D eigenvalue weighted by Gasteiger charge is -2.15. The quantitative estimate of drug-likeness (QED) is 0.175. The van der Waals surface area contributed by atoms with Crippen LogP contribution in [-0.2, 0) is 51.0 Å². The molecule has 0 amide bonds. The molecule has 1 aromatic rings. The van der Waals surface area contributed by atoms with E-state index in [1.54, 1.807) is 24.3 Å². The fraction of sp³-hybridized carbons (Fsp3) is 0.545. The Balaban J connectivity index is 2.39. The molecule has 0 radical (unpaired) electrons. The van der Waals surface area contributed by atoms with Crippen LogP contribution in [-0.4, -0.2) is 95.1 Å². The van der Waals surface area contributed by atoms with Crippen molar-refractivity contribution in [2.45, 2.75) is 51.1 Å². The molecule has 0 fully saturated rings. The number of aliphatic hydroxyl groups is 4. The number of hydrogen-bond donors (Lipinski definition) is 4. The average molecular weight is 486 g/mol. The van der Waals surface area contributed by atoms with Gasteiger partial charge in [-0.15, -0.1) is 0 Å². The number of hydrogen-bond acceptors (Lipinski definition) is 12. The van der Waals surface area contributed by atoms with Gasteiger partial charge in [0.15, 0.2) is 24.4 Å². The molecule has 12 heteroatoms. The molecular weight excluding hydrogens is 456 g/mol. The molecule has 0 aliphatic heterocycles. The first-order valence-corrected chi connectivity index (χ1v) is 10.6. The number of benzene rings is 1. The van der Waals surface area contributed by atoms with Crippen molar-refractivity contribution >= 4 is 23.9 Å². The maximum absolute atomic E-state index is 11.7. The van der Waals surface area contributed by atoms with E-state index in [1.165, 1.54) is 13.8 Å². The number of ether oxygens (including phenoxy) is 4. The Kier molecular flexibility index (Phi) is 12.7. The molecule has 1 rings (SSSR count). The van der Waals surface area contributed by atoms with Crippen LogP contribution in [0.2, 0.25) is 0 Å². The molecule has 190 valence electrons. The van der Waals surface area contributed by atoms with Crippen LogP contribution in [0.1, 0.15) is 25.0 Å². The van der Waals surface area contributed by atoms with E-state index in [0.29, 0.717) is 12.8 Å². The summed E-state index contributed by atoms with van der Waals surface area (Å²) >= 11 is 0. The molecule has 0 spiro atoms. The Morgan fingerprint density at radius 1 is 0.588 bits per heavy atom. The van der Waals surface area contributed by atoms with Gasteiger partial charge in [-0.2, -0.15) is 0 Å². The number of carbonyl (C=O) groups is 4. The second kappa shape index (κ2) is 15.0. The third-order valence-electron chi connectivity index (χ3n) is 4.43. The van der Waals surface area contributed by atoms with Crippen molar-refractivity contribution in [3.63, 3.8) is 0 Å². The van der Waals surface area contributed by atoms with Gasteiger partial charge in [-0.25, -0.2) is 19.2 Å². The molecule has 0 saturated carbocycles. The molecule has 12 nitrogen and oxygen atoms in total. The minimum Gasteiger partial charge on any atom is -0.464 e. The van der Waals surface area contributed by atoms with Gasteiger partial charge in [0.1, 0.15) is 0 Å². The average Bonchev–Trinajstić information content (AvgIpc) is 2.83. The highest BCUT2D eigenvalue weighted by atomic mass is 16.6. The molecule has 4 atom stereocenters. The summed E-state index contributed by atoms with van der Waals surface area (Å²) in [6.45, 7) is 2.77. The Morgan fingerprint density at radius 2 is 0.853 bits per heavy atom. The van der Waals surface area contributed by atoms with Crippen LogP contribution in [0.15, 0.2) is 24.3 Å². The molecule has 0 aliphatic carbocycles. The smallest absolute Gasteiger partial charge is 0.338 e. The zero-order chi connectivity index (χ0) is 25.7. The Hall–Kier alpha value is -3.06. The first-order chi connectivity index (χ1) is 16.1. The summed E-state index contributed by atoms with van der Waals surface area (Å²) in [5, 5.41) is 38.4. The van der Waals surface area contributed by atoms with E-state index in [2.05, 4.69) is 9.47 Å². The molecule has 4 N–H and O–H groups in total. The number of aliphatic hydroxyl groups excluding tert-OH is 4. The second-order valence-corrected chi connectivity index (χ2v) is 6.93. The normalized spacial score (nSPS) is 14.3. The predicted molar refractivity (Wildman–Crippen MR) is 113 cm³/mol. The summed E-state index contributed by atoms with van der Waals surface area (Å²) in [6, 6.07) is 6.92. The number of esters is 4. The van der Waals surface area contributed by atoms with Crippen molar-refractivity contribution in [3.05, 3.63) is 35.4 Å². The lowest BCUT2D eigenvalue weighted by atomic mass is 10.1. The van der Waals surface area contributed by atoms with Crippen molar-refractivity contribution in [1.29, 1.82) is 0 Å². The third kappa shape index (κ3) is 9.43. The summed E-state index contributed by atoms with van der Waals surface area (Å²) in [4.78, 5) is 46.1. The molecule has 1 aromatic carbocycles. The van der Waals surface area contributed by atoms with Gasteiger partial charge in [0.2, 0.25) is 0 Å². The van der Waals surface area contributed by atoms with Crippen molar-refractivity contribution in [3.8, 4) is 0 Å². The summed E-state index contributed by atoms with van der Waals surface area (Å²) in [7, 11) is 0. The molecular formula is C22H30O12. The van der Waals surface area contributed by atoms with Crippen LogP contribution >= 0.6 is 0 Å². The maximum Gasteiger partial charge on any atom is 0.338 e. The first kappa shape index (κ1) is 29.0. The van der Waals surface area contributed by atoms with Gasteiger partial charge in [0, 0.05) is 12.8 Å². The molecule has 0 aromatic heterocycles. The Morgan fingerprint density at radius 3 is 1.12 bits per heavy atom. The fourth-order valence-corrected chi connectivity index (χ4v) is 2.55. The summed E-state index contributed by atoms with van der Waals surface area (Å²) in [6.07, 6.45) is -7.59. The second-order valence-electron chi connectivity index (χ2n) is 6.93. The minimum atomic E-state index is -2.05. The van der Waals surface area contributed by atoms with Gasteiger partial charge in [-0.05, 0) is 25.0 Å². The maximum atomic E-state index is 11.7. The SMILES string of the molecule is CCOC(=O)C(O)C(O)C(=O)OCCc1ccc(CCOC(=O)C(O)C(O)C(=O)OCC)cc1. The van der Waals surface area contributed by atoms with Gasteiger partial charge in [-0.1, -0.05) is 24.3 Å². The van der Waals surface area contributed by atoms with E-state index >= 15 is 0 Å². The molecule has 34 heavy (non-hydrogen) atoms. The Bertz CT molecular complexity index is 740. The van der Waals surface area contributed by atoms with Gasteiger partial charge in [0.25, 0.3) is 0 Å². The molecule has 0 bridgehead atoms. The highest BCUT2D eigenvalue weighted by molar-refractivity contribution is 5.85. The monoisotopic (exact) mass is 486 g/mol. The van der Waals surface area contributed by atoms with Gasteiger partial charge >= 0.3 is 23.9 Å². The summed E-state index contributed by atoms with van der Waals surface area (Å²) in [5.74, 6) is -4.57. The van der Waals surface area contributed by atoms with Gasteiger partial charge in [0.05, 0.1) is 26.4 Å².